The van der Waals surface area contributed by atoms with Gasteiger partial charge in [-0.15, -0.1) is 0 Å². The van der Waals surface area contributed by atoms with E-state index in [1.165, 1.54) is 23.9 Å². The van der Waals surface area contributed by atoms with Gasteiger partial charge in [0.2, 0.25) is 0 Å². The maximum absolute atomic E-state index is 13.0. The quantitative estimate of drug-likeness (QED) is 0.795. The van der Waals surface area contributed by atoms with E-state index in [1.54, 1.807) is 26.1 Å². The molecule has 6 nitrogen and oxygen atoms in total. The van der Waals surface area contributed by atoms with E-state index >= 15 is 0 Å². The third-order valence-electron chi connectivity index (χ3n) is 3.82. The largest absolute Gasteiger partial charge is 0.469 e. The van der Waals surface area contributed by atoms with Crippen molar-refractivity contribution >= 4 is 23.5 Å². The lowest BCUT2D eigenvalue weighted by atomic mass is 9.99. The number of methoxy groups -OCH3 is 1. The number of nitrogens with one attached hydrogen (secondary N) is 1. The fourth-order valence-corrected chi connectivity index (χ4v) is 2.76. The van der Waals surface area contributed by atoms with Crippen LogP contribution in [0, 0.1) is 18.7 Å². The molecule has 1 heterocycles. The Kier molecular flexibility index (Phi) is 6.14. The predicted octanol–water partition coefficient (Wildman–Crippen LogP) is 2.28. The number of esters is 1. The van der Waals surface area contributed by atoms with Crippen molar-refractivity contribution < 1.29 is 18.7 Å². The number of carbonyl (C=O) groups excluding carboxylic acids is 2. The van der Waals surface area contributed by atoms with Gasteiger partial charge in [0.15, 0.2) is 0 Å². The lowest BCUT2D eigenvalue weighted by Gasteiger charge is -2.15. The Morgan fingerprint density at radius 1 is 1.36 bits per heavy atom. The summed E-state index contributed by atoms with van der Waals surface area (Å²) < 4.78 is 19.2. The van der Waals surface area contributed by atoms with Gasteiger partial charge in [0.25, 0.3) is 5.91 Å². The number of ether oxygens (including phenoxy) is 1. The second kappa shape index (κ2) is 8.11. The monoisotopic (exact) mass is 367 g/mol. The van der Waals surface area contributed by atoms with Crippen LogP contribution in [-0.2, 0) is 23.0 Å². The van der Waals surface area contributed by atoms with E-state index in [4.69, 9.17) is 16.3 Å². The van der Waals surface area contributed by atoms with E-state index in [2.05, 4.69) is 10.4 Å². The van der Waals surface area contributed by atoms with E-state index in [0.29, 0.717) is 12.1 Å². The van der Waals surface area contributed by atoms with E-state index in [1.807, 2.05) is 0 Å². The Bertz CT molecular complexity index is 774. The molecule has 1 amide bonds. The van der Waals surface area contributed by atoms with E-state index in [9.17, 15) is 14.0 Å². The molecule has 0 spiro atoms. The molecule has 0 unspecified atom stereocenters. The highest BCUT2D eigenvalue weighted by molar-refractivity contribution is 6.33. The highest BCUT2D eigenvalue weighted by Gasteiger charge is 2.23. The Morgan fingerprint density at radius 3 is 2.52 bits per heavy atom. The maximum Gasteiger partial charge on any atom is 0.310 e. The van der Waals surface area contributed by atoms with Crippen molar-refractivity contribution in [3.8, 4) is 0 Å². The first-order valence-electron chi connectivity index (χ1n) is 7.63. The molecule has 0 saturated carbocycles. The minimum absolute atomic E-state index is 0.0630. The third kappa shape index (κ3) is 4.57. The molecular weight excluding hydrogens is 349 g/mol. The average Bonchev–Trinajstić information content (AvgIpc) is 2.84. The van der Waals surface area contributed by atoms with Crippen LogP contribution in [0.1, 0.15) is 21.6 Å². The number of carbonyl (C=O) groups is 2. The minimum atomic E-state index is -0.602. The molecule has 8 heteroatoms. The van der Waals surface area contributed by atoms with Crippen molar-refractivity contribution in [2.75, 3.05) is 13.7 Å². The average molecular weight is 368 g/mol. The fraction of sp³-hybridized carbons (Fsp3) is 0.353. The van der Waals surface area contributed by atoms with Gasteiger partial charge in [-0.1, -0.05) is 23.7 Å². The molecule has 1 N–H and O–H groups in total. The van der Waals surface area contributed by atoms with Crippen molar-refractivity contribution in [1.82, 2.24) is 15.1 Å². The van der Waals surface area contributed by atoms with Crippen molar-refractivity contribution in [1.29, 1.82) is 0 Å². The summed E-state index contributed by atoms with van der Waals surface area (Å²) in [7, 11) is 2.92. The van der Waals surface area contributed by atoms with Crippen LogP contribution < -0.4 is 5.32 Å². The van der Waals surface area contributed by atoms with Crippen LogP contribution in [0.5, 0.6) is 0 Å². The van der Waals surface area contributed by atoms with Gasteiger partial charge in [-0.2, -0.15) is 5.10 Å². The van der Waals surface area contributed by atoms with Gasteiger partial charge >= 0.3 is 5.97 Å². The SMILES string of the molecule is COC(=O)[C@@H](CNC(=O)c1c(C)nn(C)c1Cl)Cc1ccc(F)cc1. The number of hydrogen-bond donors (Lipinski definition) is 1. The van der Waals surface area contributed by atoms with Gasteiger partial charge in [0.05, 0.1) is 24.3 Å². The van der Waals surface area contributed by atoms with Crippen LogP contribution in [-0.4, -0.2) is 35.3 Å². The third-order valence-corrected chi connectivity index (χ3v) is 4.25. The number of halogens is 2. The van der Waals surface area contributed by atoms with E-state index < -0.39 is 17.8 Å². The van der Waals surface area contributed by atoms with Crippen LogP contribution in [0.4, 0.5) is 4.39 Å². The summed E-state index contributed by atoms with van der Waals surface area (Å²) >= 11 is 6.07. The fourth-order valence-electron chi connectivity index (χ4n) is 2.50. The zero-order chi connectivity index (χ0) is 18.6. The molecule has 0 aliphatic heterocycles. The van der Waals surface area contributed by atoms with Gasteiger partial charge in [0, 0.05) is 13.6 Å². The van der Waals surface area contributed by atoms with Gasteiger partial charge in [0.1, 0.15) is 11.0 Å². The van der Waals surface area contributed by atoms with Gasteiger partial charge in [-0.3, -0.25) is 14.3 Å². The van der Waals surface area contributed by atoms with Crippen molar-refractivity contribution in [2.24, 2.45) is 13.0 Å². The Morgan fingerprint density at radius 2 is 2.00 bits per heavy atom. The molecule has 0 aliphatic rings. The van der Waals surface area contributed by atoms with Gasteiger partial charge in [-0.25, -0.2) is 4.39 Å². The minimum Gasteiger partial charge on any atom is -0.469 e. The first-order valence-corrected chi connectivity index (χ1v) is 8.00. The number of benzene rings is 1. The molecule has 0 saturated heterocycles. The lowest BCUT2D eigenvalue weighted by molar-refractivity contribution is -0.145. The molecule has 0 fully saturated rings. The second-order valence-electron chi connectivity index (χ2n) is 5.64. The van der Waals surface area contributed by atoms with E-state index in [-0.39, 0.29) is 23.1 Å². The zero-order valence-corrected chi connectivity index (χ0v) is 14.9. The van der Waals surface area contributed by atoms with Crippen molar-refractivity contribution in [3.05, 3.63) is 52.1 Å². The molecule has 0 bridgehead atoms. The first kappa shape index (κ1) is 18.9. The van der Waals surface area contributed by atoms with Crippen LogP contribution in [0.2, 0.25) is 5.15 Å². The number of hydrogen-bond acceptors (Lipinski definition) is 4. The Hall–Kier alpha value is -2.41. The standard InChI is InChI=1S/C17H19ClFN3O3/c1-10-14(15(18)22(2)21-10)16(23)20-9-12(17(24)25-3)8-11-4-6-13(19)7-5-11/h4-7,12H,8-9H2,1-3H3,(H,20,23)/t12-/m1/s1. The van der Waals surface area contributed by atoms with Crippen molar-refractivity contribution in [3.63, 3.8) is 0 Å². The number of aryl methyl sites for hydroxylation is 2. The summed E-state index contributed by atoms with van der Waals surface area (Å²) in [5.41, 5.74) is 1.54. The molecule has 1 aromatic carbocycles. The van der Waals surface area contributed by atoms with Crippen LogP contribution in [0.3, 0.4) is 0 Å². The Labute approximate surface area is 149 Å². The topological polar surface area (TPSA) is 73.2 Å². The lowest BCUT2D eigenvalue weighted by Crippen LogP contribution is -2.35. The zero-order valence-electron chi connectivity index (χ0n) is 14.2. The molecule has 0 radical (unpaired) electrons. The smallest absolute Gasteiger partial charge is 0.310 e. The highest BCUT2D eigenvalue weighted by atomic mass is 35.5. The molecule has 25 heavy (non-hydrogen) atoms. The predicted molar refractivity (Wildman–Crippen MR) is 90.9 cm³/mol. The molecule has 2 aromatic rings. The first-order chi connectivity index (χ1) is 11.8. The summed E-state index contributed by atoms with van der Waals surface area (Å²) in [5, 5.41) is 7.00. The summed E-state index contributed by atoms with van der Waals surface area (Å²) in [5.74, 6) is -1.83. The summed E-state index contributed by atoms with van der Waals surface area (Å²) in [6.45, 7) is 1.74. The molecular formula is C17H19ClFN3O3. The second-order valence-corrected chi connectivity index (χ2v) is 5.99. The van der Waals surface area contributed by atoms with Gasteiger partial charge in [-0.05, 0) is 31.0 Å². The molecule has 1 atom stereocenters. The molecule has 2 rings (SSSR count). The number of amides is 1. The number of aromatic nitrogens is 2. The van der Waals surface area contributed by atoms with E-state index in [0.717, 1.165) is 5.56 Å². The van der Waals surface area contributed by atoms with Crippen molar-refractivity contribution in [2.45, 2.75) is 13.3 Å². The number of nitrogens with zero attached hydrogens (tertiary/aromatic N) is 2. The number of rotatable bonds is 6. The summed E-state index contributed by atoms with van der Waals surface area (Å²) in [6, 6.07) is 5.83. The maximum atomic E-state index is 13.0. The van der Waals surface area contributed by atoms with Crippen LogP contribution in [0.25, 0.3) is 0 Å². The summed E-state index contributed by atoms with van der Waals surface area (Å²) in [4.78, 5) is 24.3. The van der Waals surface area contributed by atoms with Crippen LogP contribution >= 0.6 is 11.6 Å². The summed E-state index contributed by atoms with van der Waals surface area (Å²) in [6.07, 6.45) is 0.312. The van der Waals surface area contributed by atoms with Crippen LogP contribution in [0.15, 0.2) is 24.3 Å². The Balaban J connectivity index is 2.08. The molecule has 134 valence electrons. The van der Waals surface area contributed by atoms with Gasteiger partial charge < -0.3 is 10.1 Å². The molecule has 1 aromatic heterocycles. The normalized spacial score (nSPS) is 11.9. The highest BCUT2D eigenvalue weighted by Crippen LogP contribution is 2.18. The molecule has 0 aliphatic carbocycles.